The number of methoxy groups -OCH3 is 1. The number of alkyl halides is 3. The van der Waals surface area contributed by atoms with Crippen LogP contribution in [-0.4, -0.2) is 38.3 Å². The van der Waals surface area contributed by atoms with Gasteiger partial charge in [-0.15, -0.1) is 12.4 Å². The smallest absolute Gasteiger partial charge is 0.422 e. The van der Waals surface area contributed by atoms with Crippen LogP contribution >= 0.6 is 12.4 Å². The monoisotopic (exact) mass is 356 g/mol. The van der Waals surface area contributed by atoms with E-state index in [1.807, 2.05) is 0 Å². The molecule has 1 amide bonds. The molecule has 0 saturated carbocycles. The lowest BCUT2D eigenvalue weighted by atomic mass is 10.2. The summed E-state index contributed by atoms with van der Waals surface area (Å²) in [6.45, 7) is -1.47. The first kappa shape index (κ1) is 21.0. The summed E-state index contributed by atoms with van der Waals surface area (Å²) in [6, 6.07) is 3.62. The third-order valence-corrected chi connectivity index (χ3v) is 2.44. The van der Waals surface area contributed by atoms with E-state index in [9.17, 15) is 22.8 Å². The van der Waals surface area contributed by atoms with Gasteiger partial charge in [0.2, 0.25) is 5.91 Å². The Morgan fingerprint density at radius 2 is 1.96 bits per heavy atom. The Morgan fingerprint density at radius 3 is 2.48 bits per heavy atom. The molecule has 0 heterocycles. The van der Waals surface area contributed by atoms with Crippen molar-refractivity contribution in [3.05, 3.63) is 23.8 Å². The quantitative estimate of drug-likeness (QED) is 0.762. The lowest BCUT2D eigenvalue weighted by Crippen LogP contribution is -2.21. The molecular weight excluding hydrogens is 341 g/mol. The maximum atomic E-state index is 12.3. The second kappa shape index (κ2) is 9.21. The zero-order chi connectivity index (χ0) is 16.8. The number of ether oxygens (including phenoxy) is 2. The topological polar surface area (TPSA) is 90.7 Å². The van der Waals surface area contributed by atoms with E-state index >= 15 is 0 Å². The van der Waals surface area contributed by atoms with Gasteiger partial charge >= 0.3 is 12.1 Å². The summed E-state index contributed by atoms with van der Waals surface area (Å²) in [5.41, 5.74) is 5.22. The van der Waals surface area contributed by atoms with Gasteiger partial charge < -0.3 is 20.5 Å². The number of hydrogen-bond acceptors (Lipinski definition) is 5. The van der Waals surface area contributed by atoms with Gasteiger partial charge in [-0.2, -0.15) is 13.2 Å². The summed E-state index contributed by atoms with van der Waals surface area (Å²) in [7, 11) is 1.13. The molecule has 0 aliphatic carbocycles. The number of carbonyl (C=O) groups excluding carboxylic acids is 2. The second-order valence-corrected chi connectivity index (χ2v) is 4.19. The molecule has 1 aromatic carbocycles. The van der Waals surface area contributed by atoms with Crippen LogP contribution in [0.5, 0.6) is 5.75 Å². The van der Waals surface area contributed by atoms with Crippen LogP contribution in [0.3, 0.4) is 0 Å². The molecule has 3 N–H and O–H groups in total. The highest BCUT2D eigenvalue weighted by Crippen LogP contribution is 2.28. The first-order valence-electron chi connectivity index (χ1n) is 6.18. The summed E-state index contributed by atoms with van der Waals surface area (Å²) in [5, 5.41) is 2.37. The van der Waals surface area contributed by atoms with Gasteiger partial charge in [-0.1, -0.05) is 0 Å². The molecule has 130 valence electrons. The van der Waals surface area contributed by atoms with Gasteiger partial charge in [-0.05, 0) is 18.2 Å². The Bertz CT molecular complexity index is 553. The van der Waals surface area contributed by atoms with E-state index in [0.717, 1.165) is 13.2 Å². The van der Waals surface area contributed by atoms with Crippen LogP contribution in [-0.2, 0) is 9.53 Å². The summed E-state index contributed by atoms with van der Waals surface area (Å²) in [5.74, 6) is -1.51. The van der Waals surface area contributed by atoms with Gasteiger partial charge in [0.25, 0.3) is 0 Å². The first-order valence-corrected chi connectivity index (χ1v) is 6.18. The van der Waals surface area contributed by atoms with Crippen molar-refractivity contribution in [3.63, 3.8) is 0 Å². The highest BCUT2D eigenvalue weighted by atomic mass is 35.5. The fourth-order valence-electron chi connectivity index (χ4n) is 1.49. The van der Waals surface area contributed by atoms with Crippen molar-refractivity contribution in [2.24, 2.45) is 5.73 Å². The fourth-order valence-corrected chi connectivity index (χ4v) is 1.49. The number of rotatable bonds is 6. The fraction of sp³-hybridized carbons (Fsp3) is 0.385. The van der Waals surface area contributed by atoms with Crippen LogP contribution in [0.1, 0.15) is 16.8 Å². The SMILES string of the molecule is COC(=O)c1ccc(NC(=O)CCN)c(OCC(F)(F)F)c1.Cl. The molecule has 0 aliphatic heterocycles. The standard InChI is InChI=1S/C13H15F3N2O4.ClH/c1-21-12(20)8-2-3-9(18-11(19)4-5-17)10(6-8)22-7-13(14,15)16;/h2-3,6H,4-5,7,17H2,1H3,(H,18,19);1H. The number of esters is 1. The summed E-state index contributed by atoms with van der Waals surface area (Å²) in [6.07, 6.45) is -4.56. The zero-order valence-electron chi connectivity index (χ0n) is 12.1. The van der Waals surface area contributed by atoms with Crippen LogP contribution in [0.15, 0.2) is 18.2 Å². The van der Waals surface area contributed by atoms with Crippen LogP contribution < -0.4 is 15.8 Å². The van der Waals surface area contributed by atoms with Gasteiger partial charge in [0.15, 0.2) is 6.61 Å². The van der Waals surface area contributed by atoms with E-state index in [2.05, 4.69) is 14.8 Å². The van der Waals surface area contributed by atoms with Gasteiger partial charge in [0.1, 0.15) is 5.75 Å². The average Bonchev–Trinajstić information content (AvgIpc) is 2.44. The molecule has 0 aromatic heterocycles. The maximum Gasteiger partial charge on any atom is 0.422 e. The number of carbonyl (C=O) groups is 2. The zero-order valence-corrected chi connectivity index (χ0v) is 12.9. The normalized spacial score (nSPS) is 10.5. The molecule has 0 aliphatic rings. The van der Waals surface area contributed by atoms with E-state index < -0.39 is 24.7 Å². The Hall–Kier alpha value is -2.00. The first-order chi connectivity index (χ1) is 10.3. The van der Waals surface area contributed by atoms with Gasteiger partial charge in [0.05, 0.1) is 18.4 Å². The minimum Gasteiger partial charge on any atom is -0.482 e. The molecule has 0 radical (unpaired) electrons. The van der Waals surface area contributed by atoms with Gasteiger partial charge in [-0.25, -0.2) is 4.79 Å². The van der Waals surface area contributed by atoms with Crippen molar-refractivity contribution in [1.29, 1.82) is 0 Å². The van der Waals surface area contributed by atoms with Crippen molar-refractivity contribution in [1.82, 2.24) is 0 Å². The summed E-state index contributed by atoms with van der Waals surface area (Å²) in [4.78, 5) is 22.9. The van der Waals surface area contributed by atoms with Crippen LogP contribution in [0, 0.1) is 0 Å². The van der Waals surface area contributed by atoms with Crippen LogP contribution in [0.25, 0.3) is 0 Å². The molecule has 0 spiro atoms. The number of hydrogen-bond donors (Lipinski definition) is 2. The van der Waals surface area contributed by atoms with Gasteiger partial charge in [-0.3, -0.25) is 4.79 Å². The lowest BCUT2D eigenvalue weighted by molar-refractivity contribution is -0.153. The molecule has 0 fully saturated rings. The molecule has 6 nitrogen and oxygen atoms in total. The van der Waals surface area contributed by atoms with Crippen LogP contribution in [0.2, 0.25) is 0 Å². The van der Waals surface area contributed by atoms with Crippen molar-refractivity contribution < 1.29 is 32.2 Å². The summed E-state index contributed by atoms with van der Waals surface area (Å²) < 4.78 is 45.9. The molecule has 23 heavy (non-hydrogen) atoms. The minimum absolute atomic E-state index is 0. The number of nitrogens with one attached hydrogen (secondary N) is 1. The third-order valence-electron chi connectivity index (χ3n) is 2.44. The maximum absolute atomic E-state index is 12.3. The van der Waals surface area contributed by atoms with E-state index in [1.165, 1.54) is 12.1 Å². The van der Waals surface area contributed by atoms with Crippen molar-refractivity contribution in [3.8, 4) is 5.75 Å². The van der Waals surface area contributed by atoms with Crippen molar-refractivity contribution >= 4 is 30.0 Å². The predicted octanol–water partition coefficient (Wildman–Crippen LogP) is 2.12. The van der Waals surface area contributed by atoms with Gasteiger partial charge in [0, 0.05) is 13.0 Å². The highest BCUT2D eigenvalue weighted by molar-refractivity contribution is 5.95. The highest BCUT2D eigenvalue weighted by Gasteiger charge is 2.29. The average molecular weight is 357 g/mol. The Labute approximate surface area is 136 Å². The third kappa shape index (κ3) is 7.20. The second-order valence-electron chi connectivity index (χ2n) is 4.19. The molecule has 1 rings (SSSR count). The minimum atomic E-state index is -4.56. The molecule has 0 saturated heterocycles. The van der Waals surface area contributed by atoms with Crippen molar-refractivity contribution in [2.75, 3.05) is 25.6 Å². The Balaban J connectivity index is 0.00000484. The van der Waals surface area contributed by atoms with Crippen molar-refractivity contribution in [2.45, 2.75) is 12.6 Å². The predicted molar refractivity (Wildman–Crippen MR) is 78.9 cm³/mol. The number of benzene rings is 1. The number of nitrogens with two attached hydrogens (primary N) is 1. The Kier molecular flexibility index (Phi) is 8.41. The number of anilines is 1. The largest absolute Gasteiger partial charge is 0.482 e. The Morgan fingerprint density at radius 1 is 1.30 bits per heavy atom. The van der Waals surface area contributed by atoms with E-state index in [1.54, 1.807) is 0 Å². The van der Waals surface area contributed by atoms with E-state index in [0.29, 0.717) is 0 Å². The molecule has 0 bridgehead atoms. The molecule has 0 atom stereocenters. The number of amides is 1. The molecule has 10 heteroatoms. The van der Waals surface area contributed by atoms with Crippen LogP contribution in [0.4, 0.5) is 18.9 Å². The molecule has 0 unspecified atom stereocenters. The number of halogens is 4. The molecule has 1 aromatic rings. The van der Waals surface area contributed by atoms with E-state index in [-0.39, 0.29) is 42.4 Å². The molecular formula is C13H16ClF3N2O4. The lowest BCUT2D eigenvalue weighted by Gasteiger charge is -2.14. The van der Waals surface area contributed by atoms with E-state index in [4.69, 9.17) is 5.73 Å². The summed E-state index contributed by atoms with van der Waals surface area (Å²) >= 11 is 0.